The second-order valence-electron chi connectivity index (χ2n) is 6.85. The summed E-state index contributed by atoms with van der Waals surface area (Å²) in [4.78, 5) is 27.3. The zero-order valence-electron chi connectivity index (χ0n) is 15.1. The first-order chi connectivity index (χ1) is 12.5. The fourth-order valence-corrected chi connectivity index (χ4v) is 3.43. The first-order valence-corrected chi connectivity index (χ1v) is 8.88. The van der Waals surface area contributed by atoms with E-state index >= 15 is 0 Å². The van der Waals surface area contributed by atoms with E-state index in [0.717, 1.165) is 30.2 Å². The minimum absolute atomic E-state index is 0.00861. The normalized spacial score (nSPS) is 24.1. The Morgan fingerprint density at radius 3 is 2.42 bits per heavy atom. The van der Waals surface area contributed by atoms with E-state index in [2.05, 4.69) is 24.1 Å². The van der Waals surface area contributed by atoms with Crippen molar-refractivity contribution in [2.45, 2.75) is 32.6 Å². The first-order valence-electron chi connectivity index (χ1n) is 8.88. The minimum atomic E-state index is -0.413. The van der Waals surface area contributed by atoms with Gasteiger partial charge in [-0.25, -0.2) is 0 Å². The summed E-state index contributed by atoms with van der Waals surface area (Å²) in [6, 6.07) is 7.83. The molecule has 1 fully saturated rings. The molecule has 2 atom stereocenters. The van der Waals surface area contributed by atoms with Crippen LogP contribution in [-0.4, -0.2) is 65.2 Å². The highest BCUT2D eigenvalue weighted by molar-refractivity contribution is 6.17. The molecule has 7 nitrogen and oxygen atoms in total. The van der Waals surface area contributed by atoms with Crippen LogP contribution >= 0.6 is 0 Å². The van der Waals surface area contributed by atoms with Gasteiger partial charge in [-0.3, -0.25) is 19.4 Å². The van der Waals surface area contributed by atoms with Crippen molar-refractivity contribution in [3.8, 4) is 0 Å². The van der Waals surface area contributed by atoms with Gasteiger partial charge in [0.05, 0.1) is 25.4 Å². The second-order valence-corrected chi connectivity index (χ2v) is 6.85. The highest BCUT2D eigenvalue weighted by Gasteiger charge is 2.30. The number of morpholine rings is 1. The van der Waals surface area contributed by atoms with Crippen molar-refractivity contribution in [3.63, 3.8) is 0 Å². The van der Waals surface area contributed by atoms with Gasteiger partial charge < -0.3 is 15.2 Å². The van der Waals surface area contributed by atoms with Crippen molar-refractivity contribution in [2.75, 3.05) is 31.6 Å². The summed E-state index contributed by atoms with van der Waals surface area (Å²) in [6.45, 7) is 6.61. The zero-order valence-corrected chi connectivity index (χ0v) is 15.1. The number of rotatable bonds is 6. The van der Waals surface area contributed by atoms with E-state index in [1.807, 2.05) is 24.3 Å². The summed E-state index contributed by atoms with van der Waals surface area (Å²) in [5.74, 6) is -0.817. The van der Waals surface area contributed by atoms with E-state index in [1.54, 1.807) is 0 Å². The second kappa shape index (κ2) is 7.99. The average molecular weight is 359 g/mol. The number of carbonyl (C=O) groups excluding carboxylic acids is 2. The smallest absolute Gasteiger partial charge is 0.277 e. The SMILES string of the molecule is CC1CN(Cc2ccc(NC3=CC(=O)N(CCO)C3=O)cc2)CC(C)O1. The monoisotopic (exact) mass is 359 g/mol. The third-order valence-electron chi connectivity index (χ3n) is 4.47. The molecule has 2 aliphatic heterocycles. The maximum Gasteiger partial charge on any atom is 0.277 e. The number of anilines is 1. The van der Waals surface area contributed by atoms with Crippen LogP contribution in [0.25, 0.3) is 0 Å². The Morgan fingerprint density at radius 1 is 1.15 bits per heavy atom. The highest BCUT2D eigenvalue weighted by Crippen LogP contribution is 2.19. The van der Waals surface area contributed by atoms with Crippen molar-refractivity contribution in [3.05, 3.63) is 41.6 Å². The molecule has 2 N–H and O–H groups in total. The molecule has 2 amide bonds. The van der Waals surface area contributed by atoms with E-state index in [0.29, 0.717) is 0 Å². The molecule has 1 aromatic rings. The summed E-state index contributed by atoms with van der Waals surface area (Å²) in [5, 5.41) is 11.9. The predicted octanol–water partition coefficient (Wildman–Crippen LogP) is 0.953. The molecule has 1 saturated heterocycles. The van der Waals surface area contributed by atoms with Gasteiger partial charge in [-0.1, -0.05) is 12.1 Å². The summed E-state index contributed by atoms with van der Waals surface area (Å²) < 4.78 is 5.76. The van der Waals surface area contributed by atoms with E-state index in [1.165, 1.54) is 11.6 Å². The summed E-state index contributed by atoms with van der Waals surface area (Å²) in [7, 11) is 0. The van der Waals surface area contributed by atoms with Crippen LogP contribution in [0.3, 0.4) is 0 Å². The van der Waals surface area contributed by atoms with Crippen LogP contribution in [0.4, 0.5) is 5.69 Å². The molecule has 0 bridgehead atoms. The molecule has 0 aliphatic carbocycles. The summed E-state index contributed by atoms with van der Waals surface area (Å²) in [6.07, 6.45) is 1.74. The molecule has 0 radical (unpaired) electrons. The van der Waals surface area contributed by atoms with Gasteiger partial charge in [-0.15, -0.1) is 0 Å². The number of nitrogens with one attached hydrogen (secondary N) is 1. The van der Waals surface area contributed by atoms with Gasteiger partial charge in [0, 0.05) is 31.4 Å². The number of imide groups is 1. The number of hydrogen-bond acceptors (Lipinski definition) is 6. The third-order valence-corrected chi connectivity index (χ3v) is 4.47. The topological polar surface area (TPSA) is 82.1 Å². The predicted molar refractivity (Wildman–Crippen MR) is 97.2 cm³/mol. The fourth-order valence-electron chi connectivity index (χ4n) is 3.43. The minimum Gasteiger partial charge on any atom is -0.395 e. The molecule has 1 aromatic carbocycles. The maximum absolute atomic E-state index is 12.1. The molecule has 2 aliphatic rings. The molecule has 0 saturated carbocycles. The van der Waals surface area contributed by atoms with E-state index < -0.39 is 11.8 Å². The molecule has 0 aromatic heterocycles. The fraction of sp³-hybridized carbons (Fsp3) is 0.474. The molecule has 140 valence electrons. The largest absolute Gasteiger partial charge is 0.395 e. The van der Waals surface area contributed by atoms with Crippen molar-refractivity contribution in [1.29, 1.82) is 0 Å². The number of hydrogen-bond donors (Lipinski definition) is 2. The van der Waals surface area contributed by atoms with Gasteiger partial charge in [0.25, 0.3) is 11.8 Å². The maximum atomic E-state index is 12.1. The number of benzene rings is 1. The molecular formula is C19H25N3O4. The van der Waals surface area contributed by atoms with Gasteiger partial charge in [-0.2, -0.15) is 0 Å². The molecular weight excluding hydrogens is 334 g/mol. The summed E-state index contributed by atoms with van der Waals surface area (Å²) in [5.41, 5.74) is 2.16. The summed E-state index contributed by atoms with van der Waals surface area (Å²) >= 11 is 0. The molecule has 7 heteroatoms. The Labute approximate surface area is 153 Å². The number of ether oxygens (including phenoxy) is 1. The van der Waals surface area contributed by atoms with Crippen molar-refractivity contribution in [2.24, 2.45) is 0 Å². The van der Waals surface area contributed by atoms with Crippen LogP contribution < -0.4 is 5.32 Å². The van der Waals surface area contributed by atoms with Gasteiger partial charge in [-0.05, 0) is 31.5 Å². The highest BCUT2D eigenvalue weighted by atomic mass is 16.5. The number of amides is 2. The Kier molecular flexibility index (Phi) is 5.70. The Hall–Kier alpha value is -2.22. The van der Waals surface area contributed by atoms with Crippen LogP contribution in [0, 0.1) is 0 Å². The Morgan fingerprint density at radius 2 is 1.81 bits per heavy atom. The third kappa shape index (κ3) is 4.30. The average Bonchev–Trinajstić information content (AvgIpc) is 2.84. The number of nitrogens with zero attached hydrogens (tertiary/aromatic N) is 2. The number of aliphatic hydroxyl groups excluding tert-OH is 1. The van der Waals surface area contributed by atoms with Gasteiger partial charge in [0.2, 0.25) is 0 Å². The molecule has 0 spiro atoms. The van der Waals surface area contributed by atoms with Crippen LogP contribution in [0.5, 0.6) is 0 Å². The number of aliphatic hydroxyl groups is 1. The molecule has 2 heterocycles. The lowest BCUT2D eigenvalue weighted by Crippen LogP contribution is -2.44. The van der Waals surface area contributed by atoms with E-state index in [9.17, 15) is 9.59 Å². The van der Waals surface area contributed by atoms with Crippen LogP contribution in [0.15, 0.2) is 36.0 Å². The first kappa shape index (κ1) is 18.6. The quantitative estimate of drug-likeness (QED) is 0.736. The lowest BCUT2D eigenvalue weighted by atomic mass is 10.1. The number of β-amino-alcohol motifs (C(OH)–C–C–N with tert-alkyl or cyclic N) is 1. The molecule has 2 unspecified atom stereocenters. The lowest BCUT2D eigenvalue weighted by molar-refractivity contribution is -0.137. The van der Waals surface area contributed by atoms with Crippen molar-refractivity contribution < 1.29 is 19.4 Å². The van der Waals surface area contributed by atoms with Crippen molar-refractivity contribution in [1.82, 2.24) is 9.80 Å². The van der Waals surface area contributed by atoms with Crippen LogP contribution in [0.1, 0.15) is 19.4 Å². The Bertz CT molecular complexity index is 691. The lowest BCUT2D eigenvalue weighted by Gasteiger charge is -2.35. The van der Waals surface area contributed by atoms with E-state index in [-0.39, 0.29) is 31.1 Å². The zero-order chi connectivity index (χ0) is 18.7. The van der Waals surface area contributed by atoms with Crippen LogP contribution in [-0.2, 0) is 20.9 Å². The van der Waals surface area contributed by atoms with Crippen molar-refractivity contribution >= 4 is 17.5 Å². The van der Waals surface area contributed by atoms with Gasteiger partial charge in [0.1, 0.15) is 5.70 Å². The Balaban J connectivity index is 1.59. The van der Waals surface area contributed by atoms with Gasteiger partial charge >= 0.3 is 0 Å². The van der Waals surface area contributed by atoms with E-state index in [4.69, 9.17) is 9.84 Å². The molecule has 3 rings (SSSR count). The van der Waals surface area contributed by atoms with Gasteiger partial charge in [0.15, 0.2) is 0 Å². The number of carbonyl (C=O) groups is 2. The standard InChI is InChI=1S/C19H25N3O4/c1-13-10-21(11-14(2)26-13)12-15-3-5-16(6-4-15)20-17-9-18(24)22(7-8-23)19(17)25/h3-6,9,13-14,20,23H,7-8,10-12H2,1-2H3. The molecule has 26 heavy (non-hydrogen) atoms. The van der Waals surface area contributed by atoms with Crippen LogP contribution in [0.2, 0.25) is 0 Å².